The van der Waals surface area contributed by atoms with Gasteiger partial charge < -0.3 is 9.53 Å². The average molecular weight is 729 g/mol. The first-order valence-electron chi connectivity index (χ1n) is 21.1. The van der Waals surface area contributed by atoms with Crippen molar-refractivity contribution in [3.63, 3.8) is 0 Å². The second-order valence-electron chi connectivity index (χ2n) is 17.0. The summed E-state index contributed by atoms with van der Waals surface area (Å²) in [4.78, 5) is 23.2. The molecule has 4 saturated carbocycles. The topological polar surface area (TPSA) is 43.4 Å². The Morgan fingerprint density at radius 2 is 1.00 bits per heavy atom. The molecule has 0 saturated heterocycles. The maximum atomic E-state index is 13.3. The summed E-state index contributed by atoms with van der Waals surface area (Å²) in [5.74, 6) is 0.579. The van der Waals surface area contributed by atoms with Crippen LogP contribution in [-0.2, 0) is 9.59 Å². The first-order valence-corrected chi connectivity index (χ1v) is 21.1. The highest BCUT2D eigenvalue weighted by Gasteiger charge is 2.31. The van der Waals surface area contributed by atoms with E-state index in [4.69, 9.17) is 4.74 Å². The fourth-order valence-electron chi connectivity index (χ4n) is 9.81. The van der Waals surface area contributed by atoms with E-state index < -0.39 is 23.4 Å². The van der Waals surface area contributed by atoms with E-state index in [1.165, 1.54) is 148 Å². The van der Waals surface area contributed by atoms with Gasteiger partial charge in [-0.05, 0) is 99.7 Å². The van der Waals surface area contributed by atoms with Crippen LogP contribution in [0.4, 0.5) is 13.2 Å². The molecule has 51 heavy (non-hydrogen) atoms. The molecule has 302 valence electrons. The molecule has 0 aliphatic heterocycles. The Bertz CT molecular complexity index is 1110. The molecule has 0 spiro atoms. The fourth-order valence-corrected chi connectivity index (χ4v) is 9.81. The van der Waals surface area contributed by atoms with Gasteiger partial charge in [0.1, 0.15) is 12.0 Å². The van der Waals surface area contributed by atoms with Crippen molar-refractivity contribution < 1.29 is 34.6 Å². The monoisotopic (exact) mass is 729 g/mol. The standard InChI is InChI=1S/C25H35F3O2.C19H34O.CH4.5H2/c1-2-3-4-5-17-6-8-18(9-7-17)14-19-10-12-20(13-11-19)25(29)30-21-15-22(26)24(28)23(27)16-21;1-2-3-4-5-16-6-8-17(9-7-16)14-18-10-12-19(15-20)13-11-18;;;;;;/h15-20H,2-14H2,1H3;15-19H,2-14H2,1H3;1H4;5*1H. The maximum Gasteiger partial charge on any atom is 0.314 e. The summed E-state index contributed by atoms with van der Waals surface area (Å²) in [6.07, 6.45) is 35.0. The number of hydrogen-bond acceptors (Lipinski definition) is 3. The number of esters is 1. The van der Waals surface area contributed by atoms with Crippen LogP contribution in [0.5, 0.6) is 5.75 Å². The van der Waals surface area contributed by atoms with Crippen LogP contribution in [0.1, 0.15) is 195 Å². The van der Waals surface area contributed by atoms with E-state index in [0.717, 1.165) is 67.4 Å². The molecule has 0 heterocycles. The number of benzene rings is 1. The first-order chi connectivity index (χ1) is 24.3. The number of carbonyl (C=O) groups is 2. The normalized spacial score (nSPS) is 29.6. The van der Waals surface area contributed by atoms with Gasteiger partial charge in [0.15, 0.2) is 17.5 Å². The Morgan fingerprint density at radius 3 is 1.39 bits per heavy atom. The highest BCUT2D eigenvalue weighted by molar-refractivity contribution is 5.75. The third-order valence-electron chi connectivity index (χ3n) is 13.1. The zero-order valence-electron chi connectivity index (χ0n) is 31.6. The van der Waals surface area contributed by atoms with E-state index in [-0.39, 0.29) is 26.2 Å². The molecule has 6 heteroatoms. The molecule has 0 unspecified atom stereocenters. The third kappa shape index (κ3) is 15.2. The SMILES string of the molecule is C.CCCCCC1CCC(CC2CCC(C(=O)Oc3cc(F)c(F)c(F)c3)CC2)CC1.CCCCCC1CCC(CC2CCC(C=O)CC2)CC1.[HH].[HH].[HH].[HH].[HH]. The number of halogens is 3. The summed E-state index contributed by atoms with van der Waals surface area (Å²) in [5.41, 5.74) is 0. The largest absolute Gasteiger partial charge is 0.426 e. The second-order valence-corrected chi connectivity index (χ2v) is 17.0. The average Bonchev–Trinajstić information content (AvgIpc) is 3.13. The van der Waals surface area contributed by atoms with Gasteiger partial charge in [-0.3, -0.25) is 4.79 Å². The van der Waals surface area contributed by atoms with Gasteiger partial charge in [-0.25, -0.2) is 13.2 Å². The minimum Gasteiger partial charge on any atom is -0.426 e. The maximum absolute atomic E-state index is 13.3. The summed E-state index contributed by atoms with van der Waals surface area (Å²) in [7, 11) is 0. The summed E-state index contributed by atoms with van der Waals surface area (Å²) < 4.78 is 44.8. The van der Waals surface area contributed by atoms with Gasteiger partial charge in [0.2, 0.25) is 0 Å². The van der Waals surface area contributed by atoms with Crippen molar-refractivity contribution in [3.8, 4) is 5.75 Å². The smallest absolute Gasteiger partial charge is 0.314 e. The lowest BCUT2D eigenvalue weighted by atomic mass is 9.72. The van der Waals surface area contributed by atoms with Crippen molar-refractivity contribution in [1.82, 2.24) is 0 Å². The highest BCUT2D eigenvalue weighted by Crippen LogP contribution is 2.41. The van der Waals surface area contributed by atoms with E-state index in [1.54, 1.807) is 0 Å². The van der Waals surface area contributed by atoms with E-state index in [1.807, 2.05) is 0 Å². The fraction of sp³-hybridized carbons (Fsp3) is 0.822. The van der Waals surface area contributed by atoms with E-state index in [9.17, 15) is 22.8 Å². The van der Waals surface area contributed by atoms with Crippen molar-refractivity contribution in [1.29, 1.82) is 0 Å². The molecule has 0 bridgehead atoms. The Kier molecular flexibility index (Phi) is 20.3. The van der Waals surface area contributed by atoms with E-state index in [0.29, 0.717) is 11.8 Å². The minimum atomic E-state index is -1.55. The number of rotatable bonds is 15. The van der Waals surface area contributed by atoms with E-state index in [2.05, 4.69) is 13.8 Å². The van der Waals surface area contributed by atoms with Crippen molar-refractivity contribution >= 4 is 12.3 Å². The summed E-state index contributed by atoms with van der Waals surface area (Å²) >= 11 is 0. The van der Waals surface area contributed by atoms with Gasteiger partial charge in [0.05, 0.1) is 5.92 Å². The van der Waals surface area contributed by atoms with Crippen LogP contribution in [0.2, 0.25) is 0 Å². The molecular weight excluding hydrogens is 645 g/mol. The number of carbonyl (C=O) groups excluding carboxylic acids is 2. The number of unbranched alkanes of at least 4 members (excludes halogenated alkanes) is 4. The molecule has 0 atom stereocenters. The number of ether oxygens (including phenoxy) is 1. The van der Waals surface area contributed by atoms with Crippen molar-refractivity contribution in [2.24, 2.45) is 47.3 Å². The highest BCUT2D eigenvalue weighted by atomic mass is 19.2. The summed E-state index contributed by atoms with van der Waals surface area (Å²) in [6, 6.07) is 1.45. The van der Waals surface area contributed by atoms with Gasteiger partial charge in [-0.1, -0.05) is 124 Å². The quantitative estimate of drug-likeness (QED) is 0.0594. The molecule has 3 nitrogen and oxygen atoms in total. The zero-order chi connectivity index (χ0) is 35.7. The Balaban J connectivity index is -0.000000961. The second kappa shape index (κ2) is 23.7. The van der Waals surface area contributed by atoms with Crippen LogP contribution in [0.3, 0.4) is 0 Å². The molecule has 5 rings (SSSR count). The minimum absolute atomic E-state index is 0. The van der Waals surface area contributed by atoms with Crippen molar-refractivity contribution in [2.45, 2.75) is 188 Å². The Labute approximate surface area is 317 Å². The van der Waals surface area contributed by atoms with Gasteiger partial charge >= 0.3 is 5.97 Å². The predicted octanol–water partition coefficient (Wildman–Crippen LogP) is 15.2. The number of hydrogen-bond donors (Lipinski definition) is 0. The molecule has 0 N–H and O–H groups in total. The van der Waals surface area contributed by atoms with Crippen LogP contribution in [0.15, 0.2) is 12.1 Å². The lowest BCUT2D eigenvalue weighted by Crippen LogP contribution is -2.27. The van der Waals surface area contributed by atoms with Crippen LogP contribution < -0.4 is 4.74 Å². The van der Waals surface area contributed by atoms with Gasteiger partial charge in [0.25, 0.3) is 0 Å². The molecule has 0 radical (unpaired) electrons. The van der Waals surface area contributed by atoms with Crippen LogP contribution >= 0.6 is 0 Å². The van der Waals surface area contributed by atoms with Crippen LogP contribution in [0, 0.1) is 64.8 Å². The molecule has 1 aromatic carbocycles. The molecule has 1 aromatic rings. The lowest BCUT2D eigenvalue weighted by Gasteiger charge is -2.33. The van der Waals surface area contributed by atoms with Crippen molar-refractivity contribution in [2.75, 3.05) is 0 Å². The Morgan fingerprint density at radius 1 is 0.627 bits per heavy atom. The van der Waals surface area contributed by atoms with E-state index >= 15 is 0 Å². The predicted molar refractivity (Wildman–Crippen MR) is 215 cm³/mol. The molecule has 0 amide bonds. The first kappa shape index (κ1) is 43.6. The van der Waals surface area contributed by atoms with Crippen LogP contribution in [-0.4, -0.2) is 12.3 Å². The zero-order valence-corrected chi connectivity index (χ0v) is 31.6. The van der Waals surface area contributed by atoms with Crippen molar-refractivity contribution in [3.05, 3.63) is 29.6 Å². The molecule has 4 fully saturated rings. The van der Waals surface area contributed by atoms with Crippen LogP contribution in [0.25, 0.3) is 0 Å². The molecule has 4 aliphatic carbocycles. The van der Waals surface area contributed by atoms with Gasteiger partial charge in [0, 0.05) is 25.2 Å². The lowest BCUT2D eigenvalue weighted by molar-refractivity contribution is -0.140. The molecule has 4 aliphatic rings. The van der Waals surface area contributed by atoms with Gasteiger partial charge in [-0.2, -0.15) is 0 Å². The Hall–Kier alpha value is -1.85. The summed E-state index contributed by atoms with van der Waals surface area (Å²) in [6.45, 7) is 4.56. The third-order valence-corrected chi connectivity index (χ3v) is 13.1. The molecule has 0 aromatic heterocycles. The summed E-state index contributed by atoms with van der Waals surface area (Å²) in [5, 5.41) is 0. The van der Waals surface area contributed by atoms with Gasteiger partial charge in [-0.15, -0.1) is 0 Å². The number of aldehydes is 1. The molecular formula is C45H83F3O3.